The van der Waals surface area contributed by atoms with E-state index in [-0.39, 0.29) is 209 Å². The monoisotopic (exact) mass is 1970 g/mol. The van der Waals surface area contributed by atoms with Crippen molar-refractivity contribution in [1.29, 1.82) is 0 Å². The number of nitrogens with zero attached hydrogens (tertiary/aromatic N) is 17. The fourth-order valence-corrected chi connectivity index (χ4v) is 8.96. The summed E-state index contributed by atoms with van der Waals surface area (Å²) in [6, 6.07) is 27.5. The van der Waals surface area contributed by atoms with Crippen molar-refractivity contribution in [3.8, 4) is 45.8 Å². The number of carboxylic acid groups (broad SMARTS) is 1. The number of nitrogens with one attached hydrogen (secondary N) is 1. The van der Waals surface area contributed by atoms with Gasteiger partial charge in [0.2, 0.25) is 5.84 Å². The van der Waals surface area contributed by atoms with Gasteiger partial charge in [-0.1, -0.05) is 90.0 Å². The Balaban J connectivity index is -0.000000117. The summed E-state index contributed by atoms with van der Waals surface area (Å²) < 4.78 is 47.8. The molecule has 0 aliphatic heterocycles. The number of nitrogens with two attached hydrogens (primary N) is 2. The summed E-state index contributed by atoms with van der Waals surface area (Å²) in [6.07, 6.45) is 0. The number of carbonyl (C=O) groups excluding carboxylic acids is 4. The quantitative estimate of drug-likeness (QED) is 0.00498. The van der Waals surface area contributed by atoms with Crippen LogP contribution in [0.4, 0.5) is 34.1 Å². The number of nitro benzene ring substituents is 5. The molecule has 56 nitrogen and oxygen atoms in total. The molecule has 0 saturated heterocycles. The van der Waals surface area contributed by atoms with Crippen LogP contribution in [-0.4, -0.2) is 296 Å². The van der Waals surface area contributed by atoms with Crippen LogP contribution in [0.3, 0.4) is 0 Å². The summed E-state index contributed by atoms with van der Waals surface area (Å²) in [5, 5.41) is 117. The average molecular weight is 1970 g/mol. The minimum absolute atomic E-state index is 0. The number of aromatic carboxylic acids is 1. The normalized spacial score (nSPS) is 9.38. The van der Waals surface area contributed by atoms with Gasteiger partial charge in [-0.15, -0.1) is 0 Å². The van der Waals surface area contributed by atoms with Crippen LogP contribution < -0.4 is 35.6 Å². The van der Waals surface area contributed by atoms with Crippen molar-refractivity contribution in [2.24, 2.45) is 16.0 Å². The molecular weight excluding hydrogens is 1850 g/mol. The van der Waals surface area contributed by atoms with Crippen LogP contribution in [0.5, 0.6) is 0 Å². The van der Waals surface area contributed by atoms with Crippen LogP contribution in [0.2, 0.25) is 0 Å². The van der Waals surface area contributed by atoms with E-state index in [1.54, 1.807) is 84.9 Å². The molecule has 0 fully saturated rings. The third kappa shape index (κ3) is 51.7. The molecule has 0 saturated carbocycles. The van der Waals surface area contributed by atoms with Gasteiger partial charge >= 0.3 is 86.4 Å². The van der Waals surface area contributed by atoms with Gasteiger partial charge in [-0.3, -0.25) is 60.7 Å². The molecule has 0 aliphatic rings. The van der Waals surface area contributed by atoms with Crippen molar-refractivity contribution < 1.29 is 174 Å². The Hall–Kier alpha value is -12.7. The number of oxime groups is 2. The summed E-state index contributed by atoms with van der Waals surface area (Å²) in [5.74, 6) is -4.55. The molecule has 26 N–H and O–H groups in total. The van der Waals surface area contributed by atoms with E-state index < -0.39 is 71.8 Å². The van der Waals surface area contributed by atoms with Gasteiger partial charge in [-0.2, -0.15) is 19.9 Å². The molecule has 0 atom stereocenters. The third-order valence-corrected chi connectivity index (χ3v) is 14.1. The standard InChI is InChI=1S/C12H14N4O3.C12H16N4O.C12H13N3O6.C12H11N3O5.C10H9N3O4.C8H7NO4.C4H8N2O3.C2H6O.3CH4.B.Li.2Na.H2O2S.7H2O.H/c1-8-4-5-10(16(17)18)9(6-8)12-13-11(14-19-12)7-15(2)3;1-8-4-5-10(13)9(6-8)12-14-11(15-17-12)7-16(2)3;1-3-21-12(17)10(14-18)13-11(16)8-6-7(2)4-5-9(8)15(19)20;1-3-19-12(16)10-13-11(20-14-10)8-6-7(2)4-5-9(8)15(17)18;1-6-2-3-8(13(15)16)7(4-6)10-11-9(5-14)12-17-10;1-5-2-3-7(9(12)13)6(4-5)8(10)11;1-2-9-4(7)3(5)6-8;1-2-3;;;;;;;;1-3-2;;;;;;;;/h4-6H,7H2,1-3H3;4-6H,7,13H2,1-3H3;4-6,18H,3H2,1-2H3,(H,13,14,16);4-6H,3H2,1-2H3;2-4,14H,5H2,1H3;2-4H,1H3,(H,10,11);8H,2H2,1H3,(H2,5,6);3H,2H2,1H3;3*1H4;;;;;1-2H;7*1H2;/q;;;;;;;;;;;;+1;;;;;;;;;;;-1. The van der Waals surface area contributed by atoms with Gasteiger partial charge in [-0.25, -0.2) is 19.2 Å². The number of amidine groups is 2. The van der Waals surface area contributed by atoms with E-state index in [1.807, 2.05) is 75.4 Å². The number of anilines is 1. The molecule has 0 spiro atoms. The maximum absolute atomic E-state index is 12.0. The molecule has 0 aliphatic carbocycles. The number of rotatable bonds is 20. The zero-order valence-electron chi connectivity index (χ0n) is 75.7. The fourth-order valence-electron chi connectivity index (χ4n) is 8.96. The number of esters is 3. The Morgan fingerprint density at radius 3 is 1.08 bits per heavy atom. The number of benzene rings is 6. The summed E-state index contributed by atoms with van der Waals surface area (Å²) in [7, 11) is 7.67. The molecule has 3 radical (unpaired) electrons. The minimum atomic E-state index is -1.28. The van der Waals surface area contributed by atoms with Crippen LogP contribution in [-0.2, 0) is 43.5 Å². The van der Waals surface area contributed by atoms with E-state index in [1.165, 1.54) is 105 Å². The van der Waals surface area contributed by atoms with E-state index in [2.05, 4.69) is 60.3 Å². The molecule has 1 amide bonds. The number of amides is 1. The Kier molecular flexibility index (Phi) is 86.0. The molecule has 0 unspecified atom stereocenters. The number of carboxylic acids is 1. The molecule has 10 rings (SSSR count). The fraction of sp³-hybridized carbons (Fsp3) is 0.320. The number of hydrogen-bond acceptors (Lipinski definition) is 42. The van der Waals surface area contributed by atoms with Crippen molar-refractivity contribution in [3.05, 3.63) is 228 Å². The molecule has 741 valence electrons. The van der Waals surface area contributed by atoms with E-state index >= 15 is 0 Å². The van der Waals surface area contributed by atoms with E-state index in [0.717, 1.165) is 27.8 Å². The summed E-state index contributed by atoms with van der Waals surface area (Å²) in [5.41, 5.74) is 16.2. The van der Waals surface area contributed by atoms with Crippen LogP contribution in [0.1, 0.15) is 134 Å². The molecule has 4 aromatic heterocycles. The Labute approximate surface area is 825 Å². The topological polar surface area (TPSA) is 942 Å². The second-order valence-corrected chi connectivity index (χ2v) is 24.5. The second kappa shape index (κ2) is 78.6. The van der Waals surface area contributed by atoms with E-state index in [9.17, 15) is 74.5 Å². The third-order valence-electron chi connectivity index (χ3n) is 14.1. The number of nitro groups is 5. The summed E-state index contributed by atoms with van der Waals surface area (Å²) in [4.78, 5) is 127. The van der Waals surface area contributed by atoms with Crippen molar-refractivity contribution in [2.75, 3.05) is 60.4 Å². The van der Waals surface area contributed by atoms with Crippen LogP contribution in [0.25, 0.3) is 45.8 Å². The molecule has 10 aromatic rings. The van der Waals surface area contributed by atoms with Gasteiger partial charge in [-0.05, 0) is 173 Å². The van der Waals surface area contributed by atoms with Gasteiger partial charge in [0.05, 0.1) is 63.1 Å². The zero-order chi connectivity index (χ0) is 94.2. The van der Waals surface area contributed by atoms with E-state index in [4.69, 9.17) is 69.1 Å². The predicted octanol–water partition coefficient (Wildman–Crippen LogP) is 1.93. The number of ether oxygens (including phenoxy) is 3. The SMILES string of the molecule is C.C.C.CCO.CCOC(=O)/C(=N/O)NC(=O)c1cc(C)ccc1[N+](=O)[O-].CCOC(=O)/C(N)=N/O.CCOC(=O)c1noc(-c2cc(C)ccc2[N+](=O)[O-])n1.Cc1ccc(N)c(-c2nc(CN(C)C)no2)c1.Cc1ccc([N+](=O)[O-])c(-c2nc(CN(C)C)no2)c1.Cc1ccc([N+](=O)[O-])c(-c2nc(CO)no2)c1.Cc1ccc([N+](=O)[O-])c(C(=O)O)c1.O.O.O.O.O.O.O.OSO.[B].[H-].[Li+].[Na][Na]. The molecule has 136 heavy (non-hydrogen) atoms. The average Bonchev–Trinajstić information content (AvgIpc) is 1.71. The maximum atomic E-state index is 12.0. The van der Waals surface area contributed by atoms with Gasteiger partial charge in [0.1, 0.15) is 34.4 Å². The van der Waals surface area contributed by atoms with Gasteiger partial charge in [0.15, 0.2) is 29.8 Å². The van der Waals surface area contributed by atoms with Gasteiger partial charge in [0, 0.05) is 51.0 Å². The number of nitrogen functional groups attached to an aromatic ring is 1. The first-order valence-corrected chi connectivity index (χ1v) is 44.5. The van der Waals surface area contributed by atoms with Gasteiger partial charge in [0.25, 0.3) is 69.6 Å². The molecular formula is C75H113BLiN20Na2O36S. The number of aryl methyl sites for hydroxylation is 6. The zero-order valence-corrected chi connectivity index (χ0v) is 79.5. The van der Waals surface area contributed by atoms with E-state index in [0.29, 0.717) is 53.0 Å². The van der Waals surface area contributed by atoms with Crippen LogP contribution >= 0.6 is 12.3 Å². The number of hydrogen-bond donors (Lipinski definition) is 10. The van der Waals surface area contributed by atoms with Crippen molar-refractivity contribution in [1.82, 2.24) is 55.7 Å². The molecule has 61 heteroatoms. The number of aromatic nitrogens is 8. The molecule has 6 aromatic carbocycles. The van der Waals surface area contributed by atoms with Crippen molar-refractivity contribution >= 4 is 140 Å². The number of aliphatic hydroxyl groups is 2. The van der Waals surface area contributed by atoms with Crippen molar-refractivity contribution in [2.45, 2.75) is 111 Å². The number of aliphatic hydroxyl groups excluding tert-OH is 2. The Morgan fingerprint density at radius 1 is 0.478 bits per heavy atom. The first-order chi connectivity index (χ1) is 58.6. The van der Waals surface area contributed by atoms with Crippen LogP contribution in [0, 0.1) is 92.1 Å². The first-order valence-electron chi connectivity index (χ1n) is 35.8. The summed E-state index contributed by atoms with van der Waals surface area (Å²) >= 11 is 2.64. The Morgan fingerprint density at radius 2 is 0.765 bits per heavy atom. The predicted molar refractivity (Wildman–Crippen MR) is 494 cm³/mol. The summed E-state index contributed by atoms with van der Waals surface area (Å²) in [6.45, 7) is 18.7. The Bertz CT molecular complexity index is 5320. The van der Waals surface area contributed by atoms with Crippen LogP contribution in [0.15, 0.2) is 138 Å². The first kappa shape index (κ1) is 149. The van der Waals surface area contributed by atoms with Crippen molar-refractivity contribution in [3.63, 3.8) is 0 Å². The molecule has 0 bridgehead atoms. The second-order valence-electron chi connectivity index (χ2n) is 24.3. The van der Waals surface area contributed by atoms with Gasteiger partial charge < -0.3 is 128 Å². The molecule has 4 heterocycles. The number of carbonyl (C=O) groups is 5.